The highest BCUT2D eigenvalue weighted by Gasteiger charge is 2.40. The van der Waals surface area contributed by atoms with E-state index in [1.807, 2.05) is 9.80 Å². The van der Waals surface area contributed by atoms with E-state index >= 15 is 0 Å². The first-order chi connectivity index (χ1) is 9.48. The first-order valence-corrected chi connectivity index (χ1v) is 9.51. The molecular weight excluding hydrogens is 276 g/mol. The Morgan fingerprint density at radius 1 is 0.950 bits per heavy atom. The molecule has 3 aliphatic rings. The summed E-state index contributed by atoms with van der Waals surface area (Å²) in [6.07, 6.45) is 6.37. The molecule has 1 aliphatic carbocycles. The van der Waals surface area contributed by atoms with E-state index in [9.17, 15) is 13.2 Å². The normalized spacial score (nSPS) is 29.1. The van der Waals surface area contributed by atoms with Crippen molar-refractivity contribution in [2.24, 2.45) is 5.41 Å². The Morgan fingerprint density at radius 3 is 2.05 bits per heavy atom. The van der Waals surface area contributed by atoms with Gasteiger partial charge < -0.3 is 4.90 Å². The number of carbonyl (C=O) groups is 1. The Hall–Kier alpha value is -0.620. The van der Waals surface area contributed by atoms with Crippen molar-refractivity contribution in [3.8, 4) is 0 Å². The molecule has 0 radical (unpaired) electrons. The zero-order chi connectivity index (χ0) is 14.2. The summed E-state index contributed by atoms with van der Waals surface area (Å²) in [5, 5.41) is 0. The van der Waals surface area contributed by atoms with Crippen LogP contribution in [0.4, 0.5) is 0 Å². The van der Waals surface area contributed by atoms with E-state index in [1.165, 1.54) is 19.3 Å². The van der Waals surface area contributed by atoms with E-state index in [0.29, 0.717) is 25.0 Å². The van der Waals surface area contributed by atoms with Gasteiger partial charge in [0.15, 0.2) is 9.84 Å². The van der Waals surface area contributed by atoms with Gasteiger partial charge in [0.05, 0.1) is 18.1 Å². The zero-order valence-corrected chi connectivity index (χ0v) is 12.8. The van der Waals surface area contributed by atoms with Crippen LogP contribution >= 0.6 is 0 Å². The summed E-state index contributed by atoms with van der Waals surface area (Å²) in [6, 6.07) is 0. The van der Waals surface area contributed by atoms with Crippen LogP contribution in [0.15, 0.2) is 0 Å². The van der Waals surface area contributed by atoms with Gasteiger partial charge in [-0.1, -0.05) is 6.42 Å². The lowest BCUT2D eigenvalue weighted by Gasteiger charge is -2.48. The topological polar surface area (TPSA) is 57.7 Å². The molecule has 114 valence electrons. The summed E-state index contributed by atoms with van der Waals surface area (Å²) < 4.78 is 22.7. The number of carbonyl (C=O) groups excluding carboxylic acids is 1. The highest BCUT2D eigenvalue weighted by Crippen LogP contribution is 2.48. The fourth-order valence-corrected chi connectivity index (χ4v) is 4.88. The van der Waals surface area contributed by atoms with Crippen LogP contribution in [0.5, 0.6) is 0 Å². The van der Waals surface area contributed by atoms with Crippen LogP contribution in [0, 0.1) is 5.41 Å². The lowest BCUT2D eigenvalue weighted by molar-refractivity contribution is -0.135. The van der Waals surface area contributed by atoms with Crippen LogP contribution in [0.25, 0.3) is 0 Å². The van der Waals surface area contributed by atoms with Crippen LogP contribution in [-0.2, 0) is 14.6 Å². The summed E-state index contributed by atoms with van der Waals surface area (Å²) in [6.45, 7) is 3.19. The molecule has 0 unspecified atom stereocenters. The molecule has 5 nitrogen and oxygen atoms in total. The molecule has 1 saturated carbocycles. The number of likely N-dealkylation sites (tertiary alicyclic amines) is 1. The van der Waals surface area contributed by atoms with Crippen molar-refractivity contribution in [3.63, 3.8) is 0 Å². The molecule has 0 bridgehead atoms. The van der Waals surface area contributed by atoms with Crippen molar-refractivity contribution < 1.29 is 13.2 Å². The second-order valence-corrected chi connectivity index (χ2v) is 8.97. The predicted octanol–water partition coefficient (Wildman–Crippen LogP) is 0.510. The standard InChI is InChI=1S/C14H24N2O3S/c17-13(12-15-8-10-20(18,19)11-9-15)16-6-4-14(5-7-16)2-1-3-14/h1-12H2. The van der Waals surface area contributed by atoms with Gasteiger partial charge in [-0.05, 0) is 31.1 Å². The van der Waals surface area contributed by atoms with Crippen LogP contribution in [-0.4, -0.2) is 68.4 Å². The molecule has 0 aromatic carbocycles. The first kappa shape index (κ1) is 14.3. The quantitative estimate of drug-likeness (QED) is 0.745. The van der Waals surface area contributed by atoms with Crippen molar-refractivity contribution in [2.45, 2.75) is 32.1 Å². The Balaban J connectivity index is 1.46. The van der Waals surface area contributed by atoms with E-state index in [2.05, 4.69) is 0 Å². The average molecular weight is 300 g/mol. The second-order valence-electron chi connectivity index (χ2n) is 6.66. The molecule has 3 fully saturated rings. The molecule has 3 rings (SSSR count). The van der Waals surface area contributed by atoms with Gasteiger partial charge >= 0.3 is 0 Å². The fourth-order valence-electron chi connectivity index (χ4n) is 3.61. The number of nitrogens with zero attached hydrogens (tertiary/aromatic N) is 2. The third-order valence-electron chi connectivity index (χ3n) is 5.39. The van der Waals surface area contributed by atoms with Crippen LogP contribution in [0.3, 0.4) is 0 Å². The number of hydrogen-bond acceptors (Lipinski definition) is 4. The second kappa shape index (κ2) is 5.30. The highest BCUT2D eigenvalue weighted by atomic mass is 32.2. The zero-order valence-electron chi connectivity index (χ0n) is 12.0. The maximum Gasteiger partial charge on any atom is 0.236 e. The third-order valence-corrected chi connectivity index (χ3v) is 7.00. The molecule has 1 spiro atoms. The molecule has 1 amide bonds. The predicted molar refractivity (Wildman–Crippen MR) is 77.2 cm³/mol. The Morgan fingerprint density at radius 2 is 1.55 bits per heavy atom. The van der Waals surface area contributed by atoms with E-state index in [0.717, 1.165) is 25.9 Å². The van der Waals surface area contributed by atoms with Crippen molar-refractivity contribution in [2.75, 3.05) is 44.2 Å². The van der Waals surface area contributed by atoms with Crippen molar-refractivity contribution in [3.05, 3.63) is 0 Å². The van der Waals surface area contributed by atoms with E-state index in [-0.39, 0.29) is 17.4 Å². The van der Waals surface area contributed by atoms with Gasteiger partial charge in [0.25, 0.3) is 0 Å². The lowest BCUT2D eigenvalue weighted by Crippen LogP contribution is -2.50. The molecule has 2 heterocycles. The van der Waals surface area contributed by atoms with Gasteiger partial charge in [-0.25, -0.2) is 8.42 Å². The largest absolute Gasteiger partial charge is 0.342 e. The van der Waals surface area contributed by atoms with E-state index in [1.54, 1.807) is 0 Å². The summed E-state index contributed by atoms with van der Waals surface area (Å²) >= 11 is 0. The maximum atomic E-state index is 12.3. The Bertz CT molecular complexity index is 461. The van der Waals surface area contributed by atoms with Gasteiger partial charge in [0.2, 0.25) is 5.91 Å². The molecule has 0 aromatic heterocycles. The van der Waals surface area contributed by atoms with Gasteiger partial charge in [-0.3, -0.25) is 9.69 Å². The van der Waals surface area contributed by atoms with Gasteiger partial charge in [0, 0.05) is 26.2 Å². The highest BCUT2D eigenvalue weighted by molar-refractivity contribution is 7.91. The van der Waals surface area contributed by atoms with Gasteiger partial charge in [-0.15, -0.1) is 0 Å². The molecule has 6 heteroatoms. The number of sulfone groups is 1. The molecule has 20 heavy (non-hydrogen) atoms. The molecule has 0 atom stereocenters. The van der Waals surface area contributed by atoms with E-state index < -0.39 is 9.84 Å². The Labute approximate surface area is 121 Å². The summed E-state index contributed by atoms with van der Waals surface area (Å²) in [7, 11) is -2.85. The number of rotatable bonds is 2. The number of amides is 1. The average Bonchev–Trinajstić information content (AvgIpc) is 2.39. The van der Waals surface area contributed by atoms with Crippen LogP contribution < -0.4 is 0 Å². The minimum absolute atomic E-state index is 0.179. The van der Waals surface area contributed by atoms with Gasteiger partial charge in [0.1, 0.15) is 0 Å². The maximum absolute atomic E-state index is 12.3. The molecule has 2 aliphatic heterocycles. The van der Waals surface area contributed by atoms with Gasteiger partial charge in [-0.2, -0.15) is 0 Å². The molecular formula is C14H24N2O3S. The SMILES string of the molecule is O=C(CN1CCS(=O)(=O)CC1)N1CCC2(CCC2)CC1. The first-order valence-electron chi connectivity index (χ1n) is 7.69. The number of piperidine rings is 1. The lowest BCUT2D eigenvalue weighted by atomic mass is 9.63. The van der Waals surface area contributed by atoms with Crippen molar-refractivity contribution >= 4 is 15.7 Å². The minimum Gasteiger partial charge on any atom is -0.342 e. The smallest absolute Gasteiger partial charge is 0.236 e. The number of hydrogen-bond donors (Lipinski definition) is 0. The molecule has 0 aromatic rings. The summed E-state index contributed by atoms with van der Waals surface area (Å²) in [5.74, 6) is 0.575. The van der Waals surface area contributed by atoms with Crippen molar-refractivity contribution in [1.82, 2.24) is 9.80 Å². The fraction of sp³-hybridized carbons (Fsp3) is 0.929. The summed E-state index contributed by atoms with van der Waals surface area (Å²) in [5.41, 5.74) is 0.565. The third kappa shape index (κ3) is 3.01. The van der Waals surface area contributed by atoms with Crippen LogP contribution in [0.2, 0.25) is 0 Å². The molecule has 2 saturated heterocycles. The minimum atomic E-state index is -2.85. The van der Waals surface area contributed by atoms with Crippen LogP contribution in [0.1, 0.15) is 32.1 Å². The van der Waals surface area contributed by atoms with Crippen molar-refractivity contribution in [1.29, 1.82) is 0 Å². The summed E-state index contributed by atoms with van der Waals surface area (Å²) in [4.78, 5) is 16.2. The van der Waals surface area contributed by atoms with E-state index in [4.69, 9.17) is 0 Å². The monoisotopic (exact) mass is 300 g/mol. The molecule has 0 N–H and O–H groups in total. The Kier molecular flexibility index (Phi) is 3.79.